The summed E-state index contributed by atoms with van der Waals surface area (Å²) in [5, 5.41) is 0. The van der Waals surface area contributed by atoms with Crippen LogP contribution >= 0.6 is 0 Å². The third-order valence-corrected chi connectivity index (χ3v) is 8.88. The van der Waals surface area contributed by atoms with Crippen molar-refractivity contribution < 1.29 is 9.13 Å². The van der Waals surface area contributed by atoms with Crippen LogP contribution in [0.1, 0.15) is 51.4 Å². The van der Waals surface area contributed by atoms with Gasteiger partial charge in [0.25, 0.3) is 0 Å². The van der Waals surface area contributed by atoms with Crippen molar-refractivity contribution in [3.63, 3.8) is 0 Å². The predicted molar refractivity (Wildman–Crippen MR) is 133 cm³/mol. The summed E-state index contributed by atoms with van der Waals surface area (Å²) in [5.41, 5.74) is -0.555. The van der Waals surface area contributed by atoms with Crippen LogP contribution in [-0.4, -0.2) is 5.60 Å². The molecule has 5 rings (SSSR count). The predicted octanol–water partition coefficient (Wildman–Crippen LogP) is 7.81. The lowest BCUT2D eigenvalue weighted by Crippen LogP contribution is -2.31. The van der Waals surface area contributed by atoms with Gasteiger partial charge in [-0.2, -0.15) is 0 Å². The van der Waals surface area contributed by atoms with Crippen LogP contribution in [0.3, 0.4) is 0 Å². The Morgan fingerprint density at radius 2 is 1.36 bits per heavy atom. The number of ether oxygens (including phenoxy) is 1. The van der Waals surface area contributed by atoms with Gasteiger partial charge in [-0.3, -0.25) is 0 Å². The Balaban J connectivity index is 1.50. The van der Waals surface area contributed by atoms with E-state index in [2.05, 4.69) is 60.4 Å². The van der Waals surface area contributed by atoms with Crippen molar-refractivity contribution in [3.8, 4) is 17.6 Å². The van der Waals surface area contributed by atoms with Gasteiger partial charge in [0.1, 0.15) is 0 Å². The van der Waals surface area contributed by atoms with Crippen molar-refractivity contribution in [1.29, 1.82) is 0 Å². The average Bonchev–Trinajstić information content (AvgIpc) is 3.54. The molecule has 0 bridgehead atoms. The Bertz CT molecular complexity index is 1080. The van der Waals surface area contributed by atoms with E-state index < -0.39 is 5.60 Å². The summed E-state index contributed by atoms with van der Waals surface area (Å²) in [7, 11) is -0.338. The molecule has 0 heterocycles. The Hall–Kier alpha value is -2.70. The molecule has 0 saturated heterocycles. The summed E-state index contributed by atoms with van der Waals surface area (Å²) in [5.74, 6) is 7.49. The van der Waals surface area contributed by atoms with Gasteiger partial charge in [-0.15, -0.1) is 0 Å². The molecule has 3 aromatic carbocycles. The number of halogens is 1. The van der Waals surface area contributed by atoms with Gasteiger partial charge in [0.05, 0.1) is 10.9 Å². The summed E-state index contributed by atoms with van der Waals surface area (Å²) >= 11 is 0. The second kappa shape index (κ2) is 10.1. The molecule has 2 saturated carbocycles. The van der Waals surface area contributed by atoms with E-state index >= 15 is 4.39 Å². The summed E-state index contributed by atoms with van der Waals surface area (Å²) in [6, 6.07) is 26.3. The standard InChI is InChI=1S/C30H30FOS/c31-28-18-17-27(33(25-13-3-1-4-14-25)26-15-5-2-6-16-26)23-29(28)32-30(20-9-10-21-30)22-19-24-11-7-8-12-24/h1-6,13-18,23-24H,7-12,20-21H2/q+1. The second-order valence-corrected chi connectivity index (χ2v) is 11.1. The summed E-state index contributed by atoms with van der Waals surface area (Å²) in [6.07, 6.45) is 8.82. The van der Waals surface area contributed by atoms with Gasteiger partial charge < -0.3 is 4.74 Å². The molecule has 3 heteroatoms. The minimum Gasteiger partial charge on any atom is -0.471 e. The van der Waals surface area contributed by atoms with Crippen molar-refractivity contribution in [1.82, 2.24) is 0 Å². The Labute approximate surface area is 199 Å². The summed E-state index contributed by atoms with van der Waals surface area (Å²) < 4.78 is 21.5. The Morgan fingerprint density at radius 3 is 1.97 bits per heavy atom. The third kappa shape index (κ3) is 5.12. The highest BCUT2D eigenvalue weighted by molar-refractivity contribution is 7.97. The molecule has 0 amide bonds. The molecule has 0 N–H and O–H groups in total. The first-order valence-corrected chi connectivity index (χ1v) is 13.3. The average molecular weight is 458 g/mol. The van der Waals surface area contributed by atoms with Crippen LogP contribution in [0.2, 0.25) is 0 Å². The van der Waals surface area contributed by atoms with Gasteiger partial charge in [0.2, 0.25) is 0 Å². The zero-order valence-corrected chi connectivity index (χ0v) is 19.8. The maximum atomic E-state index is 15.0. The molecule has 168 valence electrons. The van der Waals surface area contributed by atoms with Crippen LogP contribution in [0.4, 0.5) is 4.39 Å². The number of hydrogen-bond acceptors (Lipinski definition) is 1. The minimum absolute atomic E-state index is 0.308. The van der Waals surface area contributed by atoms with E-state index in [-0.39, 0.29) is 16.7 Å². The summed E-state index contributed by atoms with van der Waals surface area (Å²) in [4.78, 5) is 3.47. The highest BCUT2D eigenvalue weighted by atomic mass is 32.2. The van der Waals surface area contributed by atoms with E-state index in [1.54, 1.807) is 6.07 Å². The topological polar surface area (TPSA) is 9.23 Å². The van der Waals surface area contributed by atoms with Crippen molar-refractivity contribution in [2.24, 2.45) is 5.92 Å². The van der Waals surface area contributed by atoms with Crippen LogP contribution < -0.4 is 4.74 Å². The maximum absolute atomic E-state index is 15.0. The lowest BCUT2D eigenvalue weighted by atomic mass is 10.00. The molecule has 2 fully saturated rings. The first-order valence-electron chi connectivity index (χ1n) is 12.1. The maximum Gasteiger partial charge on any atom is 0.170 e. The van der Waals surface area contributed by atoms with Crippen LogP contribution in [0, 0.1) is 23.6 Å². The van der Waals surface area contributed by atoms with E-state index in [0.717, 1.165) is 30.6 Å². The molecule has 0 spiro atoms. The third-order valence-electron chi connectivity index (χ3n) is 6.67. The van der Waals surface area contributed by atoms with Crippen molar-refractivity contribution >= 4 is 10.9 Å². The molecule has 0 atom stereocenters. The number of hydrogen-bond donors (Lipinski definition) is 0. The minimum atomic E-state index is -0.555. The van der Waals surface area contributed by atoms with Gasteiger partial charge in [-0.25, -0.2) is 4.39 Å². The van der Waals surface area contributed by atoms with Gasteiger partial charge in [-0.05, 0) is 74.9 Å². The molecule has 0 aromatic heterocycles. The Morgan fingerprint density at radius 1 is 0.758 bits per heavy atom. The van der Waals surface area contributed by atoms with E-state index in [1.807, 2.05) is 24.3 Å². The molecule has 1 nitrogen and oxygen atoms in total. The zero-order valence-electron chi connectivity index (χ0n) is 18.9. The molecule has 0 unspecified atom stereocenters. The second-order valence-electron chi connectivity index (χ2n) is 9.08. The fourth-order valence-electron chi connectivity index (χ4n) is 4.92. The number of rotatable bonds is 5. The van der Waals surface area contributed by atoms with Crippen molar-refractivity contribution in [3.05, 3.63) is 84.7 Å². The molecule has 0 radical (unpaired) electrons. The monoisotopic (exact) mass is 457 g/mol. The summed E-state index contributed by atoms with van der Waals surface area (Å²) in [6.45, 7) is 0. The zero-order chi connectivity index (χ0) is 22.5. The van der Waals surface area contributed by atoms with E-state index in [0.29, 0.717) is 11.7 Å². The first kappa shape index (κ1) is 22.1. The fraction of sp³-hybridized carbons (Fsp3) is 0.333. The van der Waals surface area contributed by atoms with Gasteiger partial charge in [0.15, 0.2) is 31.9 Å². The molecular weight excluding hydrogens is 427 g/mol. The van der Waals surface area contributed by atoms with Crippen LogP contribution in [0.25, 0.3) is 0 Å². The van der Waals surface area contributed by atoms with Crippen LogP contribution in [0.5, 0.6) is 5.75 Å². The first-order chi connectivity index (χ1) is 16.2. The Kier molecular flexibility index (Phi) is 6.74. The van der Waals surface area contributed by atoms with Gasteiger partial charge in [0, 0.05) is 12.0 Å². The van der Waals surface area contributed by atoms with E-state index in [9.17, 15) is 0 Å². The van der Waals surface area contributed by atoms with Crippen LogP contribution in [0.15, 0.2) is 93.5 Å². The molecule has 33 heavy (non-hydrogen) atoms. The van der Waals surface area contributed by atoms with Crippen molar-refractivity contribution in [2.75, 3.05) is 0 Å². The fourth-order valence-corrected chi connectivity index (χ4v) is 7.03. The molecule has 2 aliphatic carbocycles. The van der Waals surface area contributed by atoms with E-state index in [1.165, 1.54) is 35.5 Å². The molecule has 0 aliphatic heterocycles. The lowest BCUT2D eigenvalue weighted by molar-refractivity contribution is 0.131. The van der Waals surface area contributed by atoms with Gasteiger partial charge in [-0.1, -0.05) is 61.1 Å². The normalized spacial score (nSPS) is 17.6. The van der Waals surface area contributed by atoms with Gasteiger partial charge >= 0.3 is 0 Å². The SMILES string of the molecule is Fc1ccc([S+](c2ccccc2)c2ccccc2)cc1OC1(C#CC2CCCC2)CCCC1. The van der Waals surface area contributed by atoms with Crippen LogP contribution in [-0.2, 0) is 10.9 Å². The number of benzene rings is 3. The lowest BCUT2D eigenvalue weighted by Gasteiger charge is -2.25. The highest BCUT2D eigenvalue weighted by Gasteiger charge is 2.37. The smallest absolute Gasteiger partial charge is 0.170 e. The highest BCUT2D eigenvalue weighted by Crippen LogP contribution is 2.38. The van der Waals surface area contributed by atoms with E-state index in [4.69, 9.17) is 4.74 Å². The molecule has 2 aliphatic rings. The quantitative estimate of drug-likeness (QED) is 0.280. The largest absolute Gasteiger partial charge is 0.471 e. The van der Waals surface area contributed by atoms with Crippen molar-refractivity contribution in [2.45, 2.75) is 71.7 Å². The molecular formula is C30H30FOS+. The molecule has 3 aromatic rings.